The van der Waals surface area contributed by atoms with E-state index < -0.39 is 21.9 Å². The molecular formula is C13H15N3O4S. The van der Waals surface area contributed by atoms with Crippen molar-refractivity contribution in [3.63, 3.8) is 0 Å². The number of carboxylic acid groups (broad SMARTS) is 1. The van der Waals surface area contributed by atoms with Crippen LogP contribution >= 0.6 is 0 Å². The summed E-state index contributed by atoms with van der Waals surface area (Å²) in [6.45, 7) is 2.08. The van der Waals surface area contributed by atoms with Gasteiger partial charge in [0, 0.05) is 30.9 Å². The summed E-state index contributed by atoms with van der Waals surface area (Å²) in [5.74, 6) is -1.57. The number of aliphatic carboxylic acids is 1. The summed E-state index contributed by atoms with van der Waals surface area (Å²) in [5, 5.41) is 9.50. The highest BCUT2D eigenvalue weighted by molar-refractivity contribution is 7.89. The Morgan fingerprint density at radius 3 is 2.90 bits per heavy atom. The van der Waals surface area contributed by atoms with Gasteiger partial charge in [0.25, 0.3) is 0 Å². The number of carbonyl (C=O) groups is 1. The molecule has 0 radical (unpaired) electrons. The highest BCUT2D eigenvalue weighted by atomic mass is 32.2. The zero-order chi connectivity index (χ0) is 15.2. The Morgan fingerprint density at radius 2 is 2.24 bits per heavy atom. The van der Waals surface area contributed by atoms with Crippen LogP contribution in [0.4, 0.5) is 0 Å². The number of sulfonamides is 1. The number of aromatic nitrogens is 2. The summed E-state index contributed by atoms with van der Waals surface area (Å²) in [6.07, 6.45) is 3.02. The van der Waals surface area contributed by atoms with E-state index in [2.05, 4.69) is 9.97 Å². The number of aromatic amines is 1. The van der Waals surface area contributed by atoms with Crippen molar-refractivity contribution < 1.29 is 18.3 Å². The standard InChI is InChI=1S/C13H15N3O4S/c1-8(13(17)18)9-6-16(7-9)21(19,20)11-5-15-12-10(11)3-2-4-14-12/h2-5,8-9H,6-7H2,1H3,(H,14,15)(H,17,18). The second kappa shape index (κ2) is 4.81. The summed E-state index contributed by atoms with van der Waals surface area (Å²) in [4.78, 5) is 18.0. The zero-order valence-corrected chi connectivity index (χ0v) is 12.2. The average Bonchev–Trinajstić information content (AvgIpc) is 2.80. The number of rotatable bonds is 4. The molecule has 2 aromatic rings. The van der Waals surface area contributed by atoms with Crippen molar-refractivity contribution in [3.8, 4) is 0 Å². The Bertz CT molecular complexity index is 793. The van der Waals surface area contributed by atoms with Crippen LogP contribution in [0, 0.1) is 11.8 Å². The van der Waals surface area contributed by atoms with Crippen molar-refractivity contribution in [1.29, 1.82) is 0 Å². The summed E-state index contributed by atoms with van der Waals surface area (Å²) < 4.78 is 26.4. The molecule has 0 spiro atoms. The number of nitrogens with one attached hydrogen (secondary N) is 1. The first-order valence-corrected chi connectivity index (χ1v) is 8.00. The fraction of sp³-hybridized carbons (Fsp3) is 0.385. The fourth-order valence-electron chi connectivity index (χ4n) is 2.47. The van der Waals surface area contributed by atoms with Gasteiger partial charge in [-0.25, -0.2) is 13.4 Å². The van der Waals surface area contributed by atoms with Crippen LogP contribution in [-0.2, 0) is 14.8 Å². The topological polar surface area (TPSA) is 103 Å². The number of nitrogens with zero attached hydrogens (tertiary/aromatic N) is 2. The minimum atomic E-state index is -3.61. The number of hydrogen-bond donors (Lipinski definition) is 2. The minimum Gasteiger partial charge on any atom is -0.481 e. The molecule has 1 unspecified atom stereocenters. The lowest BCUT2D eigenvalue weighted by Gasteiger charge is -2.39. The third-order valence-electron chi connectivity index (χ3n) is 4.00. The van der Waals surface area contributed by atoms with E-state index in [-0.39, 0.29) is 23.9 Å². The van der Waals surface area contributed by atoms with Gasteiger partial charge in [-0.3, -0.25) is 4.79 Å². The lowest BCUT2D eigenvalue weighted by Crippen LogP contribution is -2.53. The van der Waals surface area contributed by atoms with Gasteiger partial charge in [-0.2, -0.15) is 4.31 Å². The van der Waals surface area contributed by atoms with E-state index in [0.717, 1.165) is 0 Å². The van der Waals surface area contributed by atoms with E-state index in [1.165, 1.54) is 10.5 Å². The van der Waals surface area contributed by atoms with Crippen LogP contribution in [0.25, 0.3) is 11.0 Å². The predicted molar refractivity (Wildman–Crippen MR) is 75.1 cm³/mol. The minimum absolute atomic E-state index is 0.138. The van der Waals surface area contributed by atoms with Crippen LogP contribution in [0.1, 0.15) is 6.92 Å². The van der Waals surface area contributed by atoms with Gasteiger partial charge < -0.3 is 10.1 Å². The normalized spacial score (nSPS) is 18.5. The lowest BCUT2D eigenvalue weighted by molar-refractivity contribution is -0.144. The van der Waals surface area contributed by atoms with E-state index in [0.29, 0.717) is 11.0 Å². The molecule has 1 saturated heterocycles. The van der Waals surface area contributed by atoms with E-state index in [4.69, 9.17) is 5.11 Å². The van der Waals surface area contributed by atoms with Gasteiger partial charge in [-0.15, -0.1) is 0 Å². The zero-order valence-electron chi connectivity index (χ0n) is 11.4. The molecule has 0 bridgehead atoms. The molecule has 21 heavy (non-hydrogen) atoms. The molecule has 3 rings (SSSR count). The van der Waals surface area contributed by atoms with Crippen molar-refractivity contribution in [2.24, 2.45) is 11.8 Å². The van der Waals surface area contributed by atoms with Crippen molar-refractivity contribution in [2.75, 3.05) is 13.1 Å². The number of fused-ring (bicyclic) bond motifs is 1. The van der Waals surface area contributed by atoms with Crippen molar-refractivity contribution >= 4 is 27.0 Å². The molecular weight excluding hydrogens is 294 g/mol. The first-order valence-electron chi connectivity index (χ1n) is 6.56. The molecule has 0 aliphatic carbocycles. The first-order chi connectivity index (χ1) is 9.91. The molecule has 1 aliphatic rings. The Morgan fingerprint density at radius 1 is 1.52 bits per heavy atom. The van der Waals surface area contributed by atoms with Gasteiger partial charge in [0.15, 0.2) is 0 Å². The van der Waals surface area contributed by atoms with Gasteiger partial charge in [-0.05, 0) is 18.1 Å². The number of carboxylic acids is 1. The predicted octanol–water partition coefficient (Wildman–Crippen LogP) is 0.904. The smallest absolute Gasteiger partial charge is 0.306 e. The summed E-state index contributed by atoms with van der Waals surface area (Å²) >= 11 is 0. The van der Waals surface area contributed by atoms with Crippen molar-refractivity contribution in [1.82, 2.24) is 14.3 Å². The second-order valence-corrected chi connectivity index (χ2v) is 7.17. The Balaban J connectivity index is 1.85. The molecule has 0 saturated carbocycles. The maximum atomic E-state index is 12.6. The van der Waals surface area contributed by atoms with Crippen molar-refractivity contribution in [2.45, 2.75) is 11.8 Å². The molecule has 3 heterocycles. The summed E-state index contributed by atoms with van der Waals surface area (Å²) in [7, 11) is -3.61. The second-order valence-electron chi connectivity index (χ2n) is 5.26. The highest BCUT2D eigenvalue weighted by Gasteiger charge is 2.42. The summed E-state index contributed by atoms with van der Waals surface area (Å²) in [5.41, 5.74) is 0.520. The first kappa shape index (κ1) is 14.0. The van der Waals surface area contributed by atoms with Crippen LogP contribution in [0.3, 0.4) is 0 Å². The molecule has 7 nitrogen and oxygen atoms in total. The monoisotopic (exact) mass is 309 g/mol. The third-order valence-corrected chi connectivity index (χ3v) is 5.88. The molecule has 1 fully saturated rings. The van der Waals surface area contributed by atoms with Gasteiger partial charge in [0.2, 0.25) is 10.0 Å². The SMILES string of the molecule is CC(C(=O)O)C1CN(S(=O)(=O)c2c[nH]c3ncccc23)C1. The largest absolute Gasteiger partial charge is 0.481 e. The Labute approximate surface area is 121 Å². The number of H-pyrrole nitrogens is 1. The Hall–Kier alpha value is -1.93. The lowest BCUT2D eigenvalue weighted by atomic mass is 9.89. The Kier molecular flexibility index (Phi) is 3.22. The molecule has 0 amide bonds. The van der Waals surface area contributed by atoms with Gasteiger partial charge in [-0.1, -0.05) is 6.92 Å². The maximum absolute atomic E-state index is 12.6. The maximum Gasteiger partial charge on any atom is 0.306 e. The third kappa shape index (κ3) is 2.20. The molecule has 2 aromatic heterocycles. The number of pyridine rings is 1. The van der Waals surface area contributed by atoms with Gasteiger partial charge >= 0.3 is 5.97 Å². The molecule has 2 N–H and O–H groups in total. The molecule has 8 heteroatoms. The van der Waals surface area contributed by atoms with E-state index >= 15 is 0 Å². The van der Waals surface area contributed by atoms with Crippen LogP contribution in [0.15, 0.2) is 29.4 Å². The average molecular weight is 309 g/mol. The van der Waals surface area contributed by atoms with Gasteiger partial charge in [0.05, 0.1) is 5.92 Å². The number of hydrogen-bond acceptors (Lipinski definition) is 4. The van der Waals surface area contributed by atoms with Crippen molar-refractivity contribution in [3.05, 3.63) is 24.5 Å². The molecule has 0 aromatic carbocycles. The molecule has 1 atom stereocenters. The van der Waals surface area contributed by atoms with E-state index in [1.54, 1.807) is 25.3 Å². The fourth-order valence-corrected chi connectivity index (χ4v) is 4.17. The quantitative estimate of drug-likeness (QED) is 0.873. The molecule has 1 aliphatic heterocycles. The van der Waals surface area contributed by atoms with Crippen LogP contribution < -0.4 is 0 Å². The van der Waals surface area contributed by atoms with E-state index in [9.17, 15) is 13.2 Å². The van der Waals surface area contributed by atoms with Gasteiger partial charge in [0.1, 0.15) is 10.5 Å². The summed E-state index contributed by atoms with van der Waals surface area (Å²) in [6, 6.07) is 3.38. The van der Waals surface area contributed by atoms with Crippen LogP contribution in [0.5, 0.6) is 0 Å². The van der Waals surface area contributed by atoms with E-state index in [1.807, 2.05) is 0 Å². The van der Waals surface area contributed by atoms with Crippen LogP contribution in [0.2, 0.25) is 0 Å². The molecule has 112 valence electrons. The highest BCUT2D eigenvalue weighted by Crippen LogP contribution is 2.32. The van der Waals surface area contributed by atoms with Crippen LogP contribution in [-0.4, -0.2) is 46.9 Å².